The van der Waals surface area contributed by atoms with E-state index in [0.717, 1.165) is 36.2 Å². The zero-order chi connectivity index (χ0) is 27.6. The van der Waals surface area contributed by atoms with Gasteiger partial charge in [0.15, 0.2) is 0 Å². The van der Waals surface area contributed by atoms with E-state index in [1.165, 1.54) is 0 Å². The number of likely N-dealkylation sites (N-methyl/N-ethyl adjacent to an activating group) is 1. The summed E-state index contributed by atoms with van der Waals surface area (Å²) in [4.78, 5) is 28.2. The lowest BCUT2D eigenvalue weighted by Crippen LogP contribution is -2.17. The molecule has 3 heterocycles. The summed E-state index contributed by atoms with van der Waals surface area (Å²) >= 11 is 0. The fraction of sp³-hybridized carbons (Fsp3) is 0.241. The quantitative estimate of drug-likeness (QED) is 0.304. The van der Waals surface area contributed by atoms with Gasteiger partial charge in [0.1, 0.15) is 0 Å². The second-order valence-corrected chi connectivity index (χ2v) is 9.71. The number of amides is 1. The summed E-state index contributed by atoms with van der Waals surface area (Å²) in [6, 6.07) is 14.3. The molecule has 0 radical (unpaired) electrons. The van der Waals surface area contributed by atoms with Crippen LogP contribution in [0.4, 0.5) is 30.5 Å². The number of carbonyl (C=O) groups excluding carboxylic acids is 1. The Kier molecular flexibility index (Phi) is 7.30. The van der Waals surface area contributed by atoms with Gasteiger partial charge in [-0.1, -0.05) is 6.07 Å². The first kappa shape index (κ1) is 26.3. The number of rotatable bonds is 6. The summed E-state index contributed by atoms with van der Waals surface area (Å²) in [5.41, 5.74) is 3.15. The molecule has 0 aliphatic carbocycles. The lowest BCUT2D eigenvalue weighted by Gasteiger charge is -2.17. The third-order valence-electron chi connectivity index (χ3n) is 6.76. The second kappa shape index (κ2) is 10.8. The molecular formula is C29H27F3N6O. The third kappa shape index (κ3) is 6.23. The molecule has 0 bridgehead atoms. The molecule has 1 atom stereocenters. The largest absolute Gasteiger partial charge is 0.416 e. The third-order valence-corrected chi connectivity index (χ3v) is 6.76. The number of hydrogen-bond donors (Lipinski definition) is 2. The topological polar surface area (TPSA) is 83.0 Å². The van der Waals surface area contributed by atoms with Gasteiger partial charge in [0.25, 0.3) is 5.91 Å². The van der Waals surface area contributed by atoms with Crippen LogP contribution >= 0.6 is 0 Å². The van der Waals surface area contributed by atoms with Crippen molar-refractivity contribution >= 4 is 23.2 Å². The van der Waals surface area contributed by atoms with E-state index in [1.807, 2.05) is 26.1 Å². The van der Waals surface area contributed by atoms with Gasteiger partial charge >= 0.3 is 6.18 Å². The maximum Gasteiger partial charge on any atom is 0.416 e. The molecule has 5 rings (SSSR count). The monoisotopic (exact) mass is 532 g/mol. The van der Waals surface area contributed by atoms with Gasteiger partial charge in [0, 0.05) is 47.6 Å². The molecule has 1 saturated heterocycles. The number of nitrogens with zero attached hydrogens (tertiary/aromatic N) is 4. The first-order valence-corrected chi connectivity index (χ1v) is 12.5. The van der Waals surface area contributed by atoms with Gasteiger partial charge in [-0.2, -0.15) is 13.2 Å². The van der Waals surface area contributed by atoms with Crippen LogP contribution < -0.4 is 10.6 Å². The average molecular weight is 533 g/mol. The van der Waals surface area contributed by atoms with E-state index >= 15 is 0 Å². The minimum Gasteiger partial charge on any atom is -0.324 e. The molecule has 2 aromatic heterocycles. The first-order chi connectivity index (χ1) is 18.7. The van der Waals surface area contributed by atoms with Crippen molar-refractivity contribution in [1.82, 2.24) is 19.9 Å². The Morgan fingerprint density at radius 1 is 1.08 bits per heavy atom. The summed E-state index contributed by atoms with van der Waals surface area (Å²) in [5, 5.41) is 5.92. The number of carbonyl (C=O) groups is 1. The highest BCUT2D eigenvalue weighted by Gasteiger charge is 2.33. The molecule has 2 N–H and O–H groups in total. The predicted octanol–water partition coefficient (Wildman–Crippen LogP) is 6.28. The molecule has 4 aromatic rings. The Labute approximate surface area is 224 Å². The number of pyridine rings is 1. The maximum atomic E-state index is 13.7. The number of anilines is 3. The Balaban J connectivity index is 1.38. The number of halogens is 3. The fourth-order valence-corrected chi connectivity index (χ4v) is 4.64. The Hall–Kier alpha value is -4.31. The van der Waals surface area contributed by atoms with Crippen molar-refractivity contribution < 1.29 is 18.0 Å². The van der Waals surface area contributed by atoms with Crippen LogP contribution in [-0.2, 0) is 6.18 Å². The minimum absolute atomic E-state index is 0.0306. The van der Waals surface area contributed by atoms with Gasteiger partial charge < -0.3 is 15.5 Å². The molecule has 1 amide bonds. The maximum absolute atomic E-state index is 13.7. The second-order valence-electron chi connectivity index (χ2n) is 9.71. The summed E-state index contributed by atoms with van der Waals surface area (Å²) in [6.45, 7) is 3.34. The molecule has 200 valence electrons. The van der Waals surface area contributed by atoms with Crippen LogP contribution in [0.2, 0.25) is 0 Å². The van der Waals surface area contributed by atoms with Gasteiger partial charge in [-0.3, -0.25) is 9.78 Å². The molecule has 1 aliphatic heterocycles. The standard InChI is InChI=1S/C29H27F3N6O/c1-18-5-6-24(15-26(18)37-28-34-10-7-25(36-28)19-4-3-9-33-16-19)35-27(39)22-12-21(20-8-11-38(2)17-20)13-23(14-22)29(30,31)32/h3-7,9-10,12-16,20H,8,11,17H2,1-2H3,(H,35,39)(H,34,36,37). The van der Waals surface area contributed by atoms with Crippen LogP contribution in [-0.4, -0.2) is 45.9 Å². The van der Waals surface area contributed by atoms with Crippen LogP contribution in [0.1, 0.15) is 39.4 Å². The van der Waals surface area contributed by atoms with Crippen molar-refractivity contribution in [1.29, 1.82) is 0 Å². The number of benzene rings is 2. The van der Waals surface area contributed by atoms with Crippen molar-refractivity contribution in [3.63, 3.8) is 0 Å². The lowest BCUT2D eigenvalue weighted by atomic mass is 9.94. The number of nitrogens with one attached hydrogen (secondary N) is 2. The van der Waals surface area contributed by atoms with Gasteiger partial charge in [-0.15, -0.1) is 0 Å². The predicted molar refractivity (Wildman–Crippen MR) is 144 cm³/mol. The Morgan fingerprint density at radius 2 is 1.92 bits per heavy atom. The number of hydrogen-bond acceptors (Lipinski definition) is 6. The van der Waals surface area contributed by atoms with Gasteiger partial charge in [0.05, 0.1) is 11.3 Å². The molecule has 2 aromatic carbocycles. The zero-order valence-electron chi connectivity index (χ0n) is 21.5. The van der Waals surface area contributed by atoms with E-state index in [2.05, 4.69) is 30.5 Å². The summed E-state index contributed by atoms with van der Waals surface area (Å²) in [5.74, 6) is -0.313. The molecule has 0 spiro atoms. The van der Waals surface area contributed by atoms with Gasteiger partial charge in [-0.25, -0.2) is 9.97 Å². The first-order valence-electron chi connectivity index (χ1n) is 12.5. The average Bonchev–Trinajstić information content (AvgIpc) is 3.37. The Morgan fingerprint density at radius 3 is 2.64 bits per heavy atom. The van der Waals surface area contributed by atoms with E-state index in [4.69, 9.17) is 0 Å². The van der Waals surface area contributed by atoms with Crippen molar-refractivity contribution in [3.8, 4) is 11.3 Å². The Bertz CT molecular complexity index is 1490. The van der Waals surface area contributed by atoms with E-state index in [9.17, 15) is 18.0 Å². The highest BCUT2D eigenvalue weighted by molar-refractivity contribution is 6.04. The van der Waals surface area contributed by atoms with Gasteiger partial charge in [0.2, 0.25) is 5.95 Å². The van der Waals surface area contributed by atoms with E-state index in [-0.39, 0.29) is 11.5 Å². The highest BCUT2D eigenvalue weighted by Crippen LogP contribution is 2.35. The molecule has 7 nitrogen and oxygen atoms in total. The number of aryl methyl sites for hydroxylation is 1. The normalized spacial score (nSPS) is 15.8. The molecule has 1 aliphatic rings. The van der Waals surface area contributed by atoms with Crippen LogP contribution in [0.3, 0.4) is 0 Å². The fourth-order valence-electron chi connectivity index (χ4n) is 4.64. The van der Waals surface area contributed by atoms with E-state index < -0.39 is 17.6 Å². The molecule has 10 heteroatoms. The van der Waals surface area contributed by atoms with Crippen molar-refractivity contribution in [2.24, 2.45) is 0 Å². The highest BCUT2D eigenvalue weighted by atomic mass is 19.4. The summed E-state index contributed by atoms with van der Waals surface area (Å²) < 4.78 is 41.0. The summed E-state index contributed by atoms with van der Waals surface area (Å²) in [7, 11) is 1.93. The zero-order valence-corrected chi connectivity index (χ0v) is 21.5. The van der Waals surface area contributed by atoms with Crippen molar-refractivity contribution in [3.05, 3.63) is 95.4 Å². The van der Waals surface area contributed by atoms with Crippen LogP contribution in [0.15, 0.2) is 73.2 Å². The van der Waals surface area contributed by atoms with E-state index in [0.29, 0.717) is 35.1 Å². The number of likely N-dealkylation sites (tertiary alicyclic amines) is 1. The van der Waals surface area contributed by atoms with Crippen LogP contribution in [0.5, 0.6) is 0 Å². The molecule has 0 saturated carbocycles. The minimum atomic E-state index is -4.55. The van der Waals surface area contributed by atoms with Gasteiger partial charge in [-0.05, 0) is 92.5 Å². The lowest BCUT2D eigenvalue weighted by molar-refractivity contribution is -0.137. The summed E-state index contributed by atoms with van der Waals surface area (Å²) in [6.07, 6.45) is 1.21. The van der Waals surface area contributed by atoms with Crippen molar-refractivity contribution in [2.75, 3.05) is 30.8 Å². The van der Waals surface area contributed by atoms with Crippen LogP contribution in [0, 0.1) is 6.92 Å². The van der Waals surface area contributed by atoms with Crippen molar-refractivity contribution in [2.45, 2.75) is 25.4 Å². The molecule has 1 unspecified atom stereocenters. The molecule has 1 fully saturated rings. The molecule has 39 heavy (non-hydrogen) atoms. The SMILES string of the molecule is Cc1ccc(NC(=O)c2cc(C3CCN(C)C3)cc(C(F)(F)F)c2)cc1Nc1nccc(-c2cccnc2)n1. The smallest absolute Gasteiger partial charge is 0.324 e. The molecular weight excluding hydrogens is 505 g/mol. The van der Waals surface area contributed by atoms with Crippen LogP contribution in [0.25, 0.3) is 11.3 Å². The number of aromatic nitrogens is 3. The van der Waals surface area contributed by atoms with E-state index in [1.54, 1.807) is 48.9 Å². The number of alkyl halides is 3.